The van der Waals surface area contributed by atoms with Crippen LogP contribution in [0.5, 0.6) is 0 Å². The molecule has 1 fully saturated rings. The zero-order valence-electron chi connectivity index (χ0n) is 17.9. The van der Waals surface area contributed by atoms with Crippen LogP contribution in [0.25, 0.3) is 23.1 Å². The number of H-pyrrole nitrogens is 1. The van der Waals surface area contributed by atoms with Crippen molar-refractivity contribution in [2.45, 2.75) is 13.8 Å². The SMILES string of the molecule is CC(C)C(=O)Nc1cc2c(C=Cc3ccccc3)n[nH]c2cc1N1CCN(C)CC1. The van der Waals surface area contributed by atoms with Crippen LogP contribution in [-0.4, -0.2) is 54.2 Å². The predicted molar refractivity (Wildman–Crippen MR) is 125 cm³/mol. The van der Waals surface area contributed by atoms with Gasteiger partial charge in [0, 0.05) is 37.5 Å². The lowest BCUT2D eigenvalue weighted by Crippen LogP contribution is -2.44. The van der Waals surface area contributed by atoms with Gasteiger partial charge in [-0.1, -0.05) is 50.3 Å². The Morgan fingerprint density at radius 3 is 2.53 bits per heavy atom. The molecule has 30 heavy (non-hydrogen) atoms. The molecule has 3 aromatic rings. The second kappa shape index (κ2) is 8.71. The number of carbonyl (C=O) groups is 1. The largest absolute Gasteiger partial charge is 0.367 e. The number of aromatic nitrogens is 2. The van der Waals surface area contributed by atoms with Crippen LogP contribution in [0.4, 0.5) is 11.4 Å². The van der Waals surface area contributed by atoms with E-state index < -0.39 is 0 Å². The molecule has 0 unspecified atom stereocenters. The van der Waals surface area contributed by atoms with E-state index in [4.69, 9.17) is 0 Å². The highest BCUT2D eigenvalue weighted by molar-refractivity contribution is 6.01. The lowest BCUT2D eigenvalue weighted by atomic mass is 10.1. The molecule has 1 saturated heterocycles. The Kier molecular flexibility index (Phi) is 5.86. The molecule has 6 nitrogen and oxygen atoms in total. The van der Waals surface area contributed by atoms with E-state index in [0.29, 0.717) is 0 Å². The molecule has 1 aliphatic rings. The molecule has 2 aromatic carbocycles. The van der Waals surface area contributed by atoms with E-state index in [1.165, 1.54) is 0 Å². The molecular formula is C24H29N5O. The van der Waals surface area contributed by atoms with Gasteiger partial charge < -0.3 is 15.1 Å². The number of hydrogen-bond acceptors (Lipinski definition) is 4. The molecule has 0 bridgehead atoms. The van der Waals surface area contributed by atoms with Crippen molar-refractivity contribution in [3.8, 4) is 0 Å². The third-order valence-electron chi connectivity index (χ3n) is 5.57. The summed E-state index contributed by atoms with van der Waals surface area (Å²) in [5, 5.41) is 11.8. The molecular weight excluding hydrogens is 374 g/mol. The van der Waals surface area contributed by atoms with Crippen LogP contribution in [0.2, 0.25) is 0 Å². The third kappa shape index (κ3) is 4.39. The summed E-state index contributed by atoms with van der Waals surface area (Å²) in [6.45, 7) is 7.70. The molecule has 156 valence electrons. The number of hydrogen-bond donors (Lipinski definition) is 2. The van der Waals surface area contributed by atoms with Gasteiger partial charge in [-0.3, -0.25) is 9.89 Å². The third-order valence-corrected chi connectivity index (χ3v) is 5.57. The summed E-state index contributed by atoms with van der Waals surface area (Å²) in [4.78, 5) is 17.2. The summed E-state index contributed by atoms with van der Waals surface area (Å²) in [6.07, 6.45) is 4.06. The van der Waals surface area contributed by atoms with E-state index in [2.05, 4.69) is 62.7 Å². The van der Waals surface area contributed by atoms with Crippen molar-refractivity contribution in [2.75, 3.05) is 43.4 Å². The van der Waals surface area contributed by atoms with Crippen molar-refractivity contribution in [2.24, 2.45) is 5.92 Å². The molecule has 4 rings (SSSR count). The number of rotatable bonds is 5. The number of nitrogens with one attached hydrogen (secondary N) is 2. The van der Waals surface area contributed by atoms with Crippen LogP contribution in [0, 0.1) is 5.92 Å². The number of aromatic amines is 1. The number of nitrogens with zero attached hydrogens (tertiary/aromatic N) is 3. The van der Waals surface area contributed by atoms with Crippen LogP contribution < -0.4 is 10.2 Å². The number of piperazine rings is 1. The fraction of sp³-hybridized carbons (Fsp3) is 0.333. The van der Waals surface area contributed by atoms with Gasteiger partial charge in [0.1, 0.15) is 0 Å². The van der Waals surface area contributed by atoms with Crippen molar-refractivity contribution in [3.05, 3.63) is 53.7 Å². The van der Waals surface area contributed by atoms with Gasteiger partial charge in [0.05, 0.1) is 22.6 Å². The zero-order chi connectivity index (χ0) is 21.1. The second-order valence-electron chi connectivity index (χ2n) is 8.20. The summed E-state index contributed by atoms with van der Waals surface area (Å²) in [6, 6.07) is 14.3. The van der Waals surface area contributed by atoms with E-state index in [0.717, 1.165) is 59.7 Å². The van der Waals surface area contributed by atoms with Gasteiger partial charge in [-0.05, 0) is 30.8 Å². The van der Waals surface area contributed by atoms with E-state index >= 15 is 0 Å². The van der Waals surface area contributed by atoms with Crippen LogP contribution in [0.1, 0.15) is 25.1 Å². The second-order valence-corrected chi connectivity index (χ2v) is 8.20. The molecule has 1 aromatic heterocycles. The van der Waals surface area contributed by atoms with E-state index in [1.807, 2.05) is 38.1 Å². The molecule has 2 N–H and O–H groups in total. The average molecular weight is 404 g/mol. The maximum atomic E-state index is 12.5. The maximum absolute atomic E-state index is 12.5. The predicted octanol–water partition coefficient (Wildman–Crippen LogP) is 4.08. The van der Waals surface area contributed by atoms with Crippen LogP contribution in [0.3, 0.4) is 0 Å². The number of fused-ring (bicyclic) bond motifs is 1. The van der Waals surface area contributed by atoms with Gasteiger partial charge in [-0.2, -0.15) is 5.10 Å². The zero-order valence-corrected chi connectivity index (χ0v) is 17.9. The maximum Gasteiger partial charge on any atom is 0.226 e. The standard InChI is InChI=1S/C24H29N5O/c1-17(2)24(30)25-22-15-19-20(10-9-18-7-5-4-6-8-18)26-27-21(19)16-23(22)29-13-11-28(3)12-14-29/h4-10,15-17H,11-14H2,1-3H3,(H,25,30)(H,26,27). The quantitative estimate of drug-likeness (QED) is 0.674. The van der Waals surface area contributed by atoms with Crippen molar-refractivity contribution in [1.29, 1.82) is 0 Å². The Labute approximate surface area is 177 Å². The topological polar surface area (TPSA) is 64.3 Å². The number of carbonyl (C=O) groups excluding carboxylic acids is 1. The van der Waals surface area contributed by atoms with Crippen molar-refractivity contribution in [1.82, 2.24) is 15.1 Å². The van der Waals surface area contributed by atoms with E-state index in [-0.39, 0.29) is 11.8 Å². The molecule has 0 aliphatic carbocycles. The Balaban J connectivity index is 1.72. The number of amides is 1. The Morgan fingerprint density at radius 1 is 1.10 bits per heavy atom. The van der Waals surface area contributed by atoms with Gasteiger partial charge in [-0.25, -0.2) is 0 Å². The number of likely N-dealkylation sites (N-methyl/N-ethyl adjacent to an activating group) is 1. The Bertz CT molecular complexity index is 1050. The Morgan fingerprint density at radius 2 is 1.83 bits per heavy atom. The first kappa shape index (κ1) is 20.2. The molecule has 2 heterocycles. The molecule has 0 saturated carbocycles. The first-order valence-electron chi connectivity index (χ1n) is 10.5. The van der Waals surface area contributed by atoms with Crippen molar-refractivity contribution >= 4 is 40.3 Å². The monoisotopic (exact) mass is 403 g/mol. The minimum absolute atomic E-state index is 0.0228. The van der Waals surface area contributed by atoms with Gasteiger partial charge in [0.2, 0.25) is 5.91 Å². The van der Waals surface area contributed by atoms with Crippen LogP contribution in [-0.2, 0) is 4.79 Å². The molecule has 6 heteroatoms. The van der Waals surface area contributed by atoms with Gasteiger partial charge in [0.25, 0.3) is 0 Å². The highest BCUT2D eigenvalue weighted by atomic mass is 16.1. The highest BCUT2D eigenvalue weighted by Gasteiger charge is 2.20. The van der Waals surface area contributed by atoms with Crippen molar-refractivity contribution < 1.29 is 4.79 Å². The molecule has 0 radical (unpaired) electrons. The van der Waals surface area contributed by atoms with Crippen molar-refractivity contribution in [3.63, 3.8) is 0 Å². The minimum Gasteiger partial charge on any atom is -0.367 e. The lowest BCUT2D eigenvalue weighted by molar-refractivity contribution is -0.118. The summed E-state index contributed by atoms with van der Waals surface area (Å²) in [5.74, 6) is -0.0579. The number of anilines is 2. The summed E-state index contributed by atoms with van der Waals surface area (Å²) < 4.78 is 0. The lowest BCUT2D eigenvalue weighted by Gasteiger charge is -2.35. The van der Waals surface area contributed by atoms with Gasteiger partial charge in [0.15, 0.2) is 0 Å². The number of benzene rings is 2. The molecule has 0 spiro atoms. The van der Waals surface area contributed by atoms with Gasteiger partial charge in [-0.15, -0.1) is 0 Å². The van der Waals surface area contributed by atoms with Crippen LogP contribution >= 0.6 is 0 Å². The molecule has 1 amide bonds. The molecule has 1 aliphatic heterocycles. The summed E-state index contributed by atoms with van der Waals surface area (Å²) >= 11 is 0. The summed E-state index contributed by atoms with van der Waals surface area (Å²) in [7, 11) is 2.14. The summed E-state index contributed by atoms with van der Waals surface area (Å²) in [5.41, 5.74) is 4.85. The van der Waals surface area contributed by atoms with Gasteiger partial charge >= 0.3 is 0 Å². The smallest absolute Gasteiger partial charge is 0.226 e. The highest BCUT2D eigenvalue weighted by Crippen LogP contribution is 2.33. The molecule has 0 atom stereocenters. The van der Waals surface area contributed by atoms with E-state index in [9.17, 15) is 4.79 Å². The Hall–Kier alpha value is -3.12. The average Bonchev–Trinajstić information content (AvgIpc) is 3.15. The van der Waals surface area contributed by atoms with Crippen LogP contribution in [0.15, 0.2) is 42.5 Å². The van der Waals surface area contributed by atoms with E-state index in [1.54, 1.807) is 0 Å². The normalized spacial score (nSPS) is 15.4. The fourth-order valence-electron chi connectivity index (χ4n) is 3.63. The first-order chi connectivity index (χ1) is 14.5. The minimum atomic E-state index is -0.0807. The first-order valence-corrected chi connectivity index (χ1v) is 10.5. The fourth-order valence-corrected chi connectivity index (χ4v) is 3.63.